The first-order chi connectivity index (χ1) is 14.3. The Bertz CT molecular complexity index is 1120. The van der Waals surface area contributed by atoms with Gasteiger partial charge in [0.1, 0.15) is 17.7 Å². The van der Waals surface area contributed by atoms with Gasteiger partial charge in [0.05, 0.1) is 18.1 Å². The van der Waals surface area contributed by atoms with Crippen LogP contribution in [0.5, 0.6) is 0 Å². The number of quaternary nitrogens is 1. The Morgan fingerprint density at radius 1 is 1.27 bits per heavy atom. The van der Waals surface area contributed by atoms with Crippen molar-refractivity contribution in [3.63, 3.8) is 0 Å². The van der Waals surface area contributed by atoms with Crippen molar-refractivity contribution in [1.82, 2.24) is 9.97 Å². The maximum atomic E-state index is 12.5. The molecule has 1 unspecified atom stereocenters. The van der Waals surface area contributed by atoms with E-state index in [0.717, 1.165) is 27.2 Å². The van der Waals surface area contributed by atoms with Crippen molar-refractivity contribution in [3.8, 4) is 6.07 Å². The van der Waals surface area contributed by atoms with Crippen LogP contribution in [0.25, 0.3) is 16.6 Å². The number of para-hydroxylation sites is 2. The molecule has 7 nitrogen and oxygen atoms in total. The van der Waals surface area contributed by atoms with Gasteiger partial charge in [-0.15, -0.1) is 0 Å². The van der Waals surface area contributed by atoms with Crippen LogP contribution in [0.1, 0.15) is 23.9 Å². The highest BCUT2D eigenvalue weighted by molar-refractivity contribution is 5.92. The maximum absolute atomic E-state index is 12.5. The first-order valence-electron chi connectivity index (χ1n) is 9.78. The topological polar surface area (TPSA) is 106 Å². The predicted molar refractivity (Wildman–Crippen MR) is 117 cm³/mol. The molecule has 4 N–H and O–H groups in total. The largest absolute Gasteiger partial charge is 0.505 e. The molecule has 7 heteroatoms. The van der Waals surface area contributed by atoms with Crippen molar-refractivity contribution in [1.29, 1.82) is 5.26 Å². The second-order valence-electron chi connectivity index (χ2n) is 7.52. The lowest BCUT2D eigenvalue weighted by Gasteiger charge is -2.21. The lowest BCUT2D eigenvalue weighted by molar-refractivity contribution is -0.891. The lowest BCUT2D eigenvalue weighted by Crippen LogP contribution is -3.13. The molecule has 0 aliphatic rings. The van der Waals surface area contributed by atoms with Crippen LogP contribution in [0.2, 0.25) is 0 Å². The number of allylic oxidation sites excluding steroid dienone is 1. The van der Waals surface area contributed by atoms with E-state index in [-0.39, 0.29) is 23.8 Å². The number of carbonyl (C=O) groups is 1. The van der Waals surface area contributed by atoms with E-state index < -0.39 is 6.04 Å². The van der Waals surface area contributed by atoms with Gasteiger partial charge in [0.15, 0.2) is 18.1 Å². The van der Waals surface area contributed by atoms with Crippen LogP contribution in [-0.2, 0) is 4.79 Å². The first-order valence-corrected chi connectivity index (χ1v) is 9.78. The molecule has 0 saturated carbocycles. The standard InChI is InChI=1S/C23H25N5O2/c1-14-8-7-11-18(15(14)2)25-21(29)13-28(4)16(3)22(30)17(12-24)23-26-19-9-5-6-10-20(19)27-23/h5-11,16,30H,13H2,1-4H3,(H,25,29)(H,26,27)/p+1/b22-17-/t16-/m0/s1. The van der Waals surface area contributed by atoms with Gasteiger partial charge in [0.2, 0.25) is 0 Å². The second-order valence-corrected chi connectivity index (χ2v) is 7.52. The number of aromatic nitrogens is 2. The van der Waals surface area contributed by atoms with E-state index in [9.17, 15) is 15.2 Å². The van der Waals surface area contributed by atoms with Crippen molar-refractivity contribution >= 4 is 28.2 Å². The van der Waals surface area contributed by atoms with Crippen LogP contribution >= 0.6 is 0 Å². The van der Waals surface area contributed by atoms with E-state index in [0.29, 0.717) is 11.3 Å². The molecule has 0 radical (unpaired) electrons. The molecule has 1 aromatic heterocycles. The monoisotopic (exact) mass is 404 g/mol. The number of fused-ring (bicyclic) bond motifs is 1. The van der Waals surface area contributed by atoms with Gasteiger partial charge in [-0.3, -0.25) is 4.79 Å². The summed E-state index contributed by atoms with van der Waals surface area (Å²) in [5.41, 5.74) is 4.49. The summed E-state index contributed by atoms with van der Waals surface area (Å²) in [6.45, 7) is 5.87. The van der Waals surface area contributed by atoms with E-state index in [1.807, 2.05) is 62.4 Å². The Labute approximate surface area is 175 Å². The number of aliphatic hydroxyl groups is 1. The molecule has 0 fully saturated rings. The number of H-pyrrole nitrogens is 1. The molecule has 0 spiro atoms. The molecule has 1 heterocycles. The SMILES string of the molecule is Cc1cccc(NC(=O)C[NH+](C)[C@@H](C)/C(O)=C(\C#N)c2nc3ccccc3[nH]2)c1C. The molecule has 154 valence electrons. The van der Waals surface area contributed by atoms with E-state index in [1.165, 1.54) is 0 Å². The zero-order valence-corrected chi connectivity index (χ0v) is 17.6. The van der Waals surface area contributed by atoms with Gasteiger partial charge >= 0.3 is 0 Å². The molecule has 3 rings (SSSR count). The van der Waals surface area contributed by atoms with Gasteiger partial charge in [0, 0.05) is 5.69 Å². The molecule has 0 bridgehead atoms. The number of anilines is 1. The van der Waals surface area contributed by atoms with Crippen LogP contribution in [0.3, 0.4) is 0 Å². The molecule has 30 heavy (non-hydrogen) atoms. The highest BCUT2D eigenvalue weighted by Gasteiger charge is 2.25. The summed E-state index contributed by atoms with van der Waals surface area (Å²) in [6.07, 6.45) is 0. The quantitative estimate of drug-likeness (QED) is 0.374. The molecule has 3 aromatic rings. The second kappa shape index (κ2) is 8.80. The molecule has 2 atom stereocenters. The van der Waals surface area contributed by atoms with Crippen LogP contribution in [0, 0.1) is 25.2 Å². The van der Waals surface area contributed by atoms with Crippen LogP contribution < -0.4 is 10.2 Å². The fourth-order valence-electron chi connectivity index (χ4n) is 3.24. The average molecular weight is 404 g/mol. The van der Waals surface area contributed by atoms with Crippen LogP contribution in [-0.4, -0.2) is 40.6 Å². The third-order valence-electron chi connectivity index (χ3n) is 5.46. The van der Waals surface area contributed by atoms with Crippen molar-refractivity contribution in [3.05, 3.63) is 65.2 Å². The highest BCUT2D eigenvalue weighted by atomic mass is 16.3. The summed E-state index contributed by atoms with van der Waals surface area (Å²) < 4.78 is 0. The minimum Gasteiger partial charge on any atom is -0.505 e. The van der Waals surface area contributed by atoms with Crippen molar-refractivity contribution in [2.24, 2.45) is 0 Å². The number of nitrogens with one attached hydrogen (secondary N) is 3. The number of nitrogens with zero attached hydrogens (tertiary/aromatic N) is 2. The number of amides is 1. The van der Waals surface area contributed by atoms with Gasteiger partial charge in [-0.05, 0) is 50.1 Å². The number of hydrogen-bond donors (Lipinski definition) is 4. The zero-order chi connectivity index (χ0) is 21.8. The summed E-state index contributed by atoms with van der Waals surface area (Å²) in [5.74, 6) is 0.0485. The van der Waals surface area contributed by atoms with E-state index >= 15 is 0 Å². The summed E-state index contributed by atoms with van der Waals surface area (Å²) in [6, 6.07) is 14.8. The smallest absolute Gasteiger partial charge is 0.279 e. The number of carbonyl (C=O) groups excluding carboxylic acids is 1. The van der Waals surface area contributed by atoms with E-state index in [2.05, 4.69) is 15.3 Å². The van der Waals surface area contributed by atoms with Gasteiger partial charge in [-0.2, -0.15) is 5.26 Å². The van der Waals surface area contributed by atoms with Crippen molar-refractivity contribution in [2.45, 2.75) is 26.8 Å². The maximum Gasteiger partial charge on any atom is 0.279 e. The average Bonchev–Trinajstić information content (AvgIpc) is 3.14. The molecular formula is C23H26N5O2+. The van der Waals surface area contributed by atoms with Gasteiger partial charge in [0.25, 0.3) is 5.91 Å². The Hall–Kier alpha value is -3.63. The Morgan fingerprint density at radius 2 is 2.00 bits per heavy atom. The highest BCUT2D eigenvalue weighted by Crippen LogP contribution is 2.20. The number of aliphatic hydroxyl groups excluding tert-OH is 1. The number of aromatic amines is 1. The van der Waals surface area contributed by atoms with Crippen LogP contribution in [0.15, 0.2) is 48.2 Å². The van der Waals surface area contributed by atoms with Gasteiger partial charge in [-0.1, -0.05) is 24.3 Å². The van der Waals surface area contributed by atoms with Crippen molar-refractivity contribution in [2.75, 3.05) is 18.9 Å². The molecule has 1 amide bonds. The number of imidazole rings is 1. The number of benzene rings is 2. The molecule has 0 aliphatic heterocycles. The third-order valence-corrected chi connectivity index (χ3v) is 5.46. The minimum absolute atomic E-state index is 0.0768. The Balaban J connectivity index is 1.76. The first kappa shape index (κ1) is 21.1. The summed E-state index contributed by atoms with van der Waals surface area (Å²) >= 11 is 0. The predicted octanol–water partition coefficient (Wildman–Crippen LogP) is 2.51. The Kier molecular flexibility index (Phi) is 6.19. The number of hydrogen-bond acceptors (Lipinski definition) is 4. The van der Waals surface area contributed by atoms with Crippen LogP contribution in [0.4, 0.5) is 5.69 Å². The minimum atomic E-state index is -0.475. The third kappa shape index (κ3) is 4.34. The summed E-state index contributed by atoms with van der Waals surface area (Å²) in [5, 5.41) is 23.3. The normalized spacial score (nSPS) is 14.0. The number of nitriles is 1. The number of rotatable bonds is 6. The number of likely N-dealkylation sites (N-methyl/N-ethyl adjacent to an activating group) is 1. The van der Waals surface area contributed by atoms with E-state index in [4.69, 9.17) is 0 Å². The van der Waals surface area contributed by atoms with E-state index in [1.54, 1.807) is 14.0 Å². The number of aryl methyl sites for hydroxylation is 1. The molecule has 2 aromatic carbocycles. The van der Waals surface area contributed by atoms with Gasteiger partial charge in [-0.25, -0.2) is 4.98 Å². The fourth-order valence-corrected chi connectivity index (χ4v) is 3.24. The summed E-state index contributed by atoms with van der Waals surface area (Å²) in [7, 11) is 1.80. The molecule has 0 aliphatic carbocycles. The fraction of sp³-hybridized carbons (Fsp3) is 0.261. The lowest BCUT2D eigenvalue weighted by atomic mass is 10.1. The summed E-state index contributed by atoms with van der Waals surface area (Å²) in [4.78, 5) is 20.7. The molecule has 0 saturated heterocycles. The Morgan fingerprint density at radius 3 is 2.70 bits per heavy atom. The van der Waals surface area contributed by atoms with Crippen molar-refractivity contribution < 1.29 is 14.8 Å². The molecular weight excluding hydrogens is 378 g/mol. The van der Waals surface area contributed by atoms with Gasteiger partial charge < -0.3 is 20.3 Å². The zero-order valence-electron chi connectivity index (χ0n) is 17.6.